The van der Waals surface area contributed by atoms with Gasteiger partial charge in [-0.05, 0) is 13.3 Å². The van der Waals surface area contributed by atoms with Crippen molar-refractivity contribution in [1.82, 2.24) is 4.90 Å². The molecule has 0 aliphatic heterocycles. The molecule has 0 fully saturated rings. The van der Waals surface area contributed by atoms with Gasteiger partial charge in [0.05, 0.1) is 5.92 Å². The van der Waals surface area contributed by atoms with Crippen molar-refractivity contribution in [1.29, 1.82) is 0 Å². The second-order valence-corrected chi connectivity index (χ2v) is 4.84. The van der Waals surface area contributed by atoms with Gasteiger partial charge in [-0.2, -0.15) is 0 Å². The van der Waals surface area contributed by atoms with E-state index in [2.05, 4.69) is 6.92 Å². The summed E-state index contributed by atoms with van der Waals surface area (Å²) in [5.41, 5.74) is 0. The molecule has 0 saturated heterocycles. The maximum absolute atomic E-state index is 11.9. The molecule has 0 aromatic rings. The molecule has 1 atom stereocenters. The standard InChI is InChI=1S/C14H27NO3/c1-4-6-7-8-9-10-13(16)15(5-2)11-12(3)14(17)18/h12H,4-11H2,1-3H3,(H,17,18). The zero-order chi connectivity index (χ0) is 14.0. The molecule has 1 amide bonds. The topological polar surface area (TPSA) is 57.6 Å². The molecule has 1 unspecified atom stereocenters. The first-order valence-corrected chi connectivity index (χ1v) is 7.03. The van der Waals surface area contributed by atoms with E-state index in [0.717, 1.165) is 12.8 Å². The van der Waals surface area contributed by atoms with Gasteiger partial charge in [-0.1, -0.05) is 39.5 Å². The molecule has 0 saturated carbocycles. The predicted molar refractivity (Wildman–Crippen MR) is 72.4 cm³/mol. The zero-order valence-corrected chi connectivity index (χ0v) is 11.9. The molecule has 0 aliphatic carbocycles. The maximum atomic E-state index is 11.9. The average molecular weight is 257 g/mol. The van der Waals surface area contributed by atoms with Crippen LogP contribution in [-0.4, -0.2) is 35.0 Å². The summed E-state index contributed by atoms with van der Waals surface area (Å²) in [5, 5.41) is 8.84. The van der Waals surface area contributed by atoms with Crippen LogP contribution in [0.2, 0.25) is 0 Å². The molecular formula is C14H27NO3. The molecular weight excluding hydrogens is 230 g/mol. The number of unbranched alkanes of at least 4 members (excludes halogenated alkanes) is 4. The predicted octanol–water partition coefficient (Wildman–Crippen LogP) is 2.92. The molecule has 4 heteroatoms. The first-order chi connectivity index (χ1) is 8.52. The van der Waals surface area contributed by atoms with Gasteiger partial charge in [0.2, 0.25) is 5.91 Å². The lowest BCUT2D eigenvalue weighted by Crippen LogP contribution is -2.36. The maximum Gasteiger partial charge on any atom is 0.308 e. The lowest BCUT2D eigenvalue weighted by Gasteiger charge is -2.22. The van der Waals surface area contributed by atoms with Crippen molar-refractivity contribution in [3.63, 3.8) is 0 Å². The zero-order valence-electron chi connectivity index (χ0n) is 11.9. The Balaban J connectivity index is 3.92. The second-order valence-electron chi connectivity index (χ2n) is 4.84. The van der Waals surface area contributed by atoms with E-state index in [4.69, 9.17) is 5.11 Å². The molecule has 0 aromatic heterocycles. The van der Waals surface area contributed by atoms with Crippen LogP contribution in [0.4, 0.5) is 0 Å². The summed E-state index contributed by atoms with van der Waals surface area (Å²) in [6, 6.07) is 0. The van der Waals surface area contributed by atoms with Gasteiger partial charge >= 0.3 is 5.97 Å². The summed E-state index contributed by atoms with van der Waals surface area (Å²) in [5.74, 6) is -1.25. The average Bonchev–Trinajstić information content (AvgIpc) is 2.34. The number of carbonyl (C=O) groups is 2. The van der Waals surface area contributed by atoms with Gasteiger partial charge in [0, 0.05) is 19.5 Å². The quantitative estimate of drug-likeness (QED) is 0.612. The minimum atomic E-state index is -0.843. The van der Waals surface area contributed by atoms with Gasteiger partial charge in [0.25, 0.3) is 0 Å². The van der Waals surface area contributed by atoms with E-state index < -0.39 is 11.9 Å². The van der Waals surface area contributed by atoms with Crippen LogP contribution in [0.3, 0.4) is 0 Å². The Morgan fingerprint density at radius 1 is 1.11 bits per heavy atom. The molecule has 1 N–H and O–H groups in total. The number of nitrogens with zero attached hydrogens (tertiary/aromatic N) is 1. The van der Waals surface area contributed by atoms with Gasteiger partial charge < -0.3 is 10.0 Å². The Kier molecular flexibility index (Phi) is 9.33. The highest BCUT2D eigenvalue weighted by atomic mass is 16.4. The second kappa shape index (κ2) is 9.92. The van der Waals surface area contributed by atoms with Crippen LogP contribution in [0.1, 0.15) is 59.3 Å². The van der Waals surface area contributed by atoms with Crippen molar-refractivity contribution >= 4 is 11.9 Å². The van der Waals surface area contributed by atoms with E-state index in [1.54, 1.807) is 11.8 Å². The lowest BCUT2D eigenvalue weighted by atomic mass is 10.1. The molecule has 18 heavy (non-hydrogen) atoms. The Morgan fingerprint density at radius 3 is 2.22 bits per heavy atom. The van der Waals surface area contributed by atoms with E-state index in [0.29, 0.717) is 19.5 Å². The number of aliphatic carboxylic acids is 1. The first kappa shape index (κ1) is 16.9. The summed E-state index contributed by atoms with van der Waals surface area (Å²) < 4.78 is 0. The van der Waals surface area contributed by atoms with Crippen LogP contribution >= 0.6 is 0 Å². The summed E-state index contributed by atoms with van der Waals surface area (Å²) in [6.07, 6.45) is 6.15. The van der Waals surface area contributed by atoms with Crippen molar-refractivity contribution in [2.45, 2.75) is 59.3 Å². The molecule has 0 aromatic carbocycles. The van der Waals surface area contributed by atoms with Crippen molar-refractivity contribution < 1.29 is 14.7 Å². The van der Waals surface area contributed by atoms with Crippen LogP contribution in [-0.2, 0) is 9.59 Å². The van der Waals surface area contributed by atoms with E-state index in [-0.39, 0.29) is 5.91 Å². The highest BCUT2D eigenvalue weighted by Gasteiger charge is 2.18. The van der Waals surface area contributed by atoms with Crippen LogP contribution in [0.25, 0.3) is 0 Å². The van der Waals surface area contributed by atoms with Crippen molar-refractivity contribution in [3.8, 4) is 0 Å². The van der Waals surface area contributed by atoms with E-state index >= 15 is 0 Å². The molecule has 0 heterocycles. The number of carboxylic acid groups (broad SMARTS) is 1. The number of hydrogen-bond acceptors (Lipinski definition) is 2. The third kappa shape index (κ3) is 7.30. The van der Waals surface area contributed by atoms with Crippen LogP contribution < -0.4 is 0 Å². The number of carbonyl (C=O) groups excluding carboxylic acids is 1. The molecule has 4 nitrogen and oxygen atoms in total. The summed E-state index contributed by atoms with van der Waals surface area (Å²) in [4.78, 5) is 24.3. The van der Waals surface area contributed by atoms with Crippen molar-refractivity contribution in [2.24, 2.45) is 5.92 Å². The normalized spacial score (nSPS) is 12.2. The largest absolute Gasteiger partial charge is 0.481 e. The van der Waals surface area contributed by atoms with Crippen LogP contribution in [0, 0.1) is 5.92 Å². The number of amides is 1. The fourth-order valence-electron chi connectivity index (χ4n) is 1.85. The molecule has 0 aliphatic rings. The van der Waals surface area contributed by atoms with Crippen LogP contribution in [0.15, 0.2) is 0 Å². The van der Waals surface area contributed by atoms with E-state index in [9.17, 15) is 9.59 Å². The van der Waals surface area contributed by atoms with Gasteiger partial charge in [-0.25, -0.2) is 0 Å². The smallest absolute Gasteiger partial charge is 0.308 e. The molecule has 0 rings (SSSR count). The van der Waals surface area contributed by atoms with Gasteiger partial charge in [-0.3, -0.25) is 9.59 Å². The highest BCUT2D eigenvalue weighted by molar-refractivity contribution is 5.77. The Labute approximate surface area is 110 Å². The fraction of sp³-hybridized carbons (Fsp3) is 0.857. The highest BCUT2D eigenvalue weighted by Crippen LogP contribution is 2.08. The molecule has 0 spiro atoms. The van der Waals surface area contributed by atoms with E-state index in [1.807, 2.05) is 6.92 Å². The number of rotatable bonds is 10. The fourth-order valence-corrected chi connectivity index (χ4v) is 1.85. The Hall–Kier alpha value is -1.06. The molecule has 0 bridgehead atoms. The number of hydrogen-bond donors (Lipinski definition) is 1. The van der Waals surface area contributed by atoms with Gasteiger partial charge in [-0.15, -0.1) is 0 Å². The summed E-state index contributed by atoms with van der Waals surface area (Å²) >= 11 is 0. The Morgan fingerprint density at radius 2 is 1.72 bits per heavy atom. The Bertz CT molecular complexity index is 253. The van der Waals surface area contributed by atoms with Crippen LogP contribution in [0.5, 0.6) is 0 Å². The molecule has 106 valence electrons. The summed E-state index contributed by atoms with van der Waals surface area (Å²) in [6.45, 7) is 6.60. The third-order valence-corrected chi connectivity index (χ3v) is 3.14. The minimum absolute atomic E-state index is 0.0853. The lowest BCUT2D eigenvalue weighted by molar-refractivity contribution is -0.143. The van der Waals surface area contributed by atoms with Crippen molar-refractivity contribution in [2.75, 3.05) is 13.1 Å². The molecule has 0 radical (unpaired) electrons. The number of carboxylic acids is 1. The minimum Gasteiger partial charge on any atom is -0.481 e. The SMILES string of the molecule is CCCCCCCC(=O)N(CC)CC(C)C(=O)O. The van der Waals surface area contributed by atoms with Crippen molar-refractivity contribution in [3.05, 3.63) is 0 Å². The monoisotopic (exact) mass is 257 g/mol. The van der Waals surface area contributed by atoms with Gasteiger partial charge in [0.15, 0.2) is 0 Å². The third-order valence-electron chi connectivity index (χ3n) is 3.14. The summed E-state index contributed by atoms with van der Waals surface area (Å²) in [7, 11) is 0. The van der Waals surface area contributed by atoms with E-state index in [1.165, 1.54) is 19.3 Å². The first-order valence-electron chi connectivity index (χ1n) is 7.03. The van der Waals surface area contributed by atoms with Gasteiger partial charge in [0.1, 0.15) is 0 Å².